The van der Waals surface area contributed by atoms with E-state index in [0.29, 0.717) is 10.6 Å². The lowest BCUT2D eigenvalue weighted by Gasteiger charge is -2.34. The van der Waals surface area contributed by atoms with E-state index < -0.39 is 6.61 Å². The van der Waals surface area contributed by atoms with E-state index in [0.717, 1.165) is 45.0 Å². The Morgan fingerprint density at radius 1 is 1.35 bits per heavy atom. The number of hydrogen-bond donors (Lipinski definition) is 1. The number of aliphatic imine (C=N–C) groups is 1. The molecule has 1 aliphatic rings. The van der Waals surface area contributed by atoms with Gasteiger partial charge in [0.1, 0.15) is 5.75 Å². The van der Waals surface area contributed by atoms with Gasteiger partial charge in [0.15, 0.2) is 5.96 Å². The molecule has 0 bridgehead atoms. The van der Waals surface area contributed by atoms with Crippen LogP contribution in [0, 0.1) is 0 Å². The first-order valence-corrected chi connectivity index (χ1v) is 9.29. The van der Waals surface area contributed by atoms with Gasteiger partial charge in [-0.2, -0.15) is 8.78 Å². The maximum absolute atomic E-state index is 12.6. The van der Waals surface area contributed by atoms with E-state index >= 15 is 0 Å². The summed E-state index contributed by atoms with van der Waals surface area (Å²) in [5.41, 5.74) is 0.525. The number of likely N-dealkylation sites (tertiary alicyclic amines) is 1. The van der Waals surface area contributed by atoms with Crippen molar-refractivity contribution in [3.8, 4) is 5.75 Å². The Kier molecular flexibility index (Phi) is 8.38. The van der Waals surface area contributed by atoms with Crippen molar-refractivity contribution >= 4 is 17.6 Å². The van der Waals surface area contributed by atoms with E-state index in [1.165, 1.54) is 12.1 Å². The predicted octanol–water partition coefficient (Wildman–Crippen LogP) is 3.91. The summed E-state index contributed by atoms with van der Waals surface area (Å²) in [5, 5.41) is 3.72. The van der Waals surface area contributed by atoms with Gasteiger partial charge >= 0.3 is 6.61 Å². The van der Waals surface area contributed by atoms with Crippen LogP contribution >= 0.6 is 11.6 Å². The molecule has 1 aromatic rings. The van der Waals surface area contributed by atoms with Gasteiger partial charge in [-0.3, -0.25) is 0 Å². The highest BCUT2D eigenvalue weighted by Crippen LogP contribution is 2.25. The first-order valence-electron chi connectivity index (χ1n) is 8.91. The van der Waals surface area contributed by atoms with Crippen molar-refractivity contribution < 1.29 is 18.3 Å². The summed E-state index contributed by atoms with van der Waals surface area (Å²) in [5.74, 6) is 0.851. The molecule has 146 valence electrons. The molecular formula is C18H26ClF2N3O2. The van der Waals surface area contributed by atoms with Crippen molar-refractivity contribution in [3.63, 3.8) is 0 Å². The molecule has 1 heterocycles. The molecule has 0 spiro atoms. The Balaban J connectivity index is 2.08. The van der Waals surface area contributed by atoms with Crippen LogP contribution in [0.15, 0.2) is 23.2 Å². The van der Waals surface area contributed by atoms with Crippen molar-refractivity contribution in [2.45, 2.75) is 45.9 Å². The molecule has 0 radical (unpaired) electrons. The lowest BCUT2D eigenvalue weighted by Crippen LogP contribution is -2.47. The van der Waals surface area contributed by atoms with Gasteiger partial charge in [-0.25, -0.2) is 4.99 Å². The summed E-state index contributed by atoms with van der Waals surface area (Å²) in [4.78, 5) is 6.76. The molecule has 1 aromatic carbocycles. The third kappa shape index (κ3) is 6.29. The highest BCUT2D eigenvalue weighted by molar-refractivity contribution is 6.30. The zero-order valence-corrected chi connectivity index (χ0v) is 15.9. The number of benzene rings is 1. The number of nitrogens with zero attached hydrogens (tertiary/aromatic N) is 2. The molecule has 0 aliphatic carbocycles. The molecule has 1 N–H and O–H groups in total. The Bertz CT molecular complexity index is 594. The highest BCUT2D eigenvalue weighted by Gasteiger charge is 2.21. The third-order valence-electron chi connectivity index (χ3n) is 4.12. The second-order valence-electron chi connectivity index (χ2n) is 5.94. The van der Waals surface area contributed by atoms with Crippen molar-refractivity contribution in [1.29, 1.82) is 0 Å². The molecule has 8 heteroatoms. The largest absolute Gasteiger partial charge is 0.434 e. The number of nitrogens with one attached hydrogen (secondary N) is 1. The van der Waals surface area contributed by atoms with Crippen LogP contribution < -0.4 is 10.1 Å². The zero-order chi connectivity index (χ0) is 18.9. The first-order chi connectivity index (χ1) is 12.5. The molecule has 0 aromatic heterocycles. The SMILES string of the molecule is CCNC(=NCc1cc(Cl)ccc1OC(F)F)N1CCC(OCC)CC1. The Labute approximate surface area is 158 Å². The molecule has 5 nitrogen and oxygen atoms in total. The van der Waals surface area contributed by atoms with Crippen LogP contribution in [0.3, 0.4) is 0 Å². The third-order valence-corrected chi connectivity index (χ3v) is 4.35. The minimum Gasteiger partial charge on any atom is -0.434 e. The minimum absolute atomic E-state index is 0.0963. The van der Waals surface area contributed by atoms with Crippen LogP contribution in [-0.2, 0) is 11.3 Å². The lowest BCUT2D eigenvalue weighted by atomic mass is 10.1. The fraction of sp³-hybridized carbons (Fsp3) is 0.611. The molecule has 0 atom stereocenters. The monoisotopic (exact) mass is 389 g/mol. The summed E-state index contributed by atoms with van der Waals surface area (Å²) >= 11 is 5.99. The molecule has 26 heavy (non-hydrogen) atoms. The second kappa shape index (κ2) is 10.5. The molecule has 1 saturated heterocycles. The van der Waals surface area contributed by atoms with Gasteiger partial charge in [-0.1, -0.05) is 11.6 Å². The second-order valence-corrected chi connectivity index (χ2v) is 6.38. The van der Waals surface area contributed by atoms with Crippen molar-refractivity contribution in [3.05, 3.63) is 28.8 Å². The summed E-state index contributed by atoms with van der Waals surface area (Å²) in [7, 11) is 0. The van der Waals surface area contributed by atoms with Crippen LogP contribution in [0.5, 0.6) is 5.75 Å². The molecular weight excluding hydrogens is 364 g/mol. The molecule has 0 unspecified atom stereocenters. The Hall–Kier alpha value is -1.60. The zero-order valence-electron chi connectivity index (χ0n) is 15.2. The maximum Gasteiger partial charge on any atom is 0.387 e. The van der Waals surface area contributed by atoms with Crippen LogP contribution in [0.4, 0.5) is 8.78 Å². The maximum atomic E-state index is 12.6. The normalized spacial score (nSPS) is 16.2. The molecule has 0 saturated carbocycles. The van der Waals surface area contributed by atoms with Gasteiger partial charge in [-0.05, 0) is 44.9 Å². The first kappa shape index (κ1) is 20.7. The van der Waals surface area contributed by atoms with E-state index in [1.54, 1.807) is 6.07 Å². The molecule has 1 fully saturated rings. The van der Waals surface area contributed by atoms with Crippen molar-refractivity contribution in [1.82, 2.24) is 10.2 Å². The number of halogens is 3. The fourth-order valence-corrected chi connectivity index (χ4v) is 3.13. The van der Waals surface area contributed by atoms with E-state index in [4.69, 9.17) is 16.3 Å². The van der Waals surface area contributed by atoms with Crippen LogP contribution in [0.2, 0.25) is 5.02 Å². The Morgan fingerprint density at radius 3 is 2.69 bits per heavy atom. The topological polar surface area (TPSA) is 46.1 Å². The highest BCUT2D eigenvalue weighted by atomic mass is 35.5. The van der Waals surface area contributed by atoms with E-state index in [2.05, 4.69) is 19.9 Å². The van der Waals surface area contributed by atoms with Crippen molar-refractivity contribution in [2.75, 3.05) is 26.2 Å². The summed E-state index contributed by atoms with van der Waals surface area (Å²) in [6, 6.07) is 4.57. The lowest BCUT2D eigenvalue weighted by molar-refractivity contribution is -0.0504. The van der Waals surface area contributed by atoms with Gasteiger partial charge in [0.25, 0.3) is 0 Å². The smallest absolute Gasteiger partial charge is 0.387 e. The standard InChI is InChI=1S/C18H26ClF2N3O2/c1-3-22-18(24-9-7-15(8-10-24)25-4-2)23-12-13-11-14(19)5-6-16(13)26-17(20)21/h5-6,11,15,17H,3-4,7-10,12H2,1-2H3,(H,22,23). The van der Waals surface area contributed by atoms with E-state index in [1.807, 2.05) is 13.8 Å². The summed E-state index contributed by atoms with van der Waals surface area (Å²) in [6.07, 6.45) is 2.17. The fourth-order valence-electron chi connectivity index (χ4n) is 2.94. The molecule has 0 amide bonds. The summed E-state index contributed by atoms with van der Waals surface area (Å²) in [6.45, 7) is 4.44. The number of piperidine rings is 1. The van der Waals surface area contributed by atoms with E-state index in [-0.39, 0.29) is 18.4 Å². The van der Waals surface area contributed by atoms with Gasteiger partial charge in [0.2, 0.25) is 0 Å². The van der Waals surface area contributed by atoms with Gasteiger partial charge in [0.05, 0.1) is 12.6 Å². The van der Waals surface area contributed by atoms with Crippen LogP contribution in [-0.4, -0.2) is 49.8 Å². The Morgan fingerprint density at radius 2 is 2.08 bits per heavy atom. The quantitative estimate of drug-likeness (QED) is 0.567. The average Bonchev–Trinajstić information content (AvgIpc) is 2.61. The average molecular weight is 390 g/mol. The van der Waals surface area contributed by atoms with Crippen LogP contribution in [0.25, 0.3) is 0 Å². The predicted molar refractivity (Wildman–Crippen MR) is 99.1 cm³/mol. The van der Waals surface area contributed by atoms with Crippen LogP contribution in [0.1, 0.15) is 32.3 Å². The molecule has 1 aliphatic heterocycles. The molecule has 2 rings (SSSR count). The number of guanidine groups is 1. The van der Waals surface area contributed by atoms with Gasteiger partial charge < -0.3 is 19.7 Å². The summed E-state index contributed by atoms with van der Waals surface area (Å²) < 4.78 is 35.4. The van der Waals surface area contributed by atoms with Gasteiger partial charge in [0, 0.05) is 36.8 Å². The van der Waals surface area contributed by atoms with E-state index in [9.17, 15) is 8.78 Å². The van der Waals surface area contributed by atoms with Gasteiger partial charge in [-0.15, -0.1) is 0 Å². The minimum atomic E-state index is -2.88. The van der Waals surface area contributed by atoms with Crippen molar-refractivity contribution in [2.24, 2.45) is 4.99 Å². The number of rotatable bonds is 7. The number of hydrogen-bond acceptors (Lipinski definition) is 3. The number of ether oxygens (including phenoxy) is 2. The number of alkyl halides is 2.